The molecule has 26 heavy (non-hydrogen) atoms. The molecule has 1 aliphatic carbocycles. The van der Waals surface area contributed by atoms with Crippen LogP contribution in [0, 0.1) is 10.8 Å². The van der Waals surface area contributed by atoms with E-state index in [0.717, 1.165) is 0 Å². The molecule has 3 saturated heterocycles. The molecule has 0 bridgehead atoms. The molecule has 3 N–H and O–H groups in total. The Morgan fingerprint density at radius 3 is 1.81 bits per heavy atom. The van der Waals surface area contributed by atoms with Gasteiger partial charge in [-0.05, 0) is 13.8 Å². The normalized spacial score (nSPS) is 41.7. The van der Waals surface area contributed by atoms with Crippen molar-refractivity contribution in [3.05, 3.63) is 0 Å². The third-order valence-electron chi connectivity index (χ3n) is 6.18. The molecule has 0 radical (unpaired) electrons. The summed E-state index contributed by atoms with van der Waals surface area (Å²) in [6, 6.07) is -2.80. The lowest BCUT2D eigenvalue weighted by molar-refractivity contribution is -0.247. The van der Waals surface area contributed by atoms with Crippen LogP contribution >= 0.6 is 8.25 Å². The first kappa shape index (κ1) is 17.3. The van der Waals surface area contributed by atoms with Crippen LogP contribution in [0.1, 0.15) is 13.8 Å². The van der Waals surface area contributed by atoms with Gasteiger partial charge in [-0.25, -0.2) is 9.59 Å². The second-order valence-electron chi connectivity index (χ2n) is 7.15. The van der Waals surface area contributed by atoms with Gasteiger partial charge in [-0.1, -0.05) is 0 Å². The number of hydrogen-bond acceptors (Lipinski definition) is 7. The molecule has 0 aromatic carbocycles. The van der Waals surface area contributed by atoms with Gasteiger partial charge < -0.3 is 9.80 Å². The number of urea groups is 2. The van der Waals surface area contributed by atoms with E-state index >= 15 is 0 Å². The SMILES string of the molecule is CC12C(=O)NC(=O)N3CC(OO[P+](=O)O)CN4C(=O)NC(=O)C1(C)C4C32. The van der Waals surface area contributed by atoms with E-state index in [9.17, 15) is 23.7 Å². The van der Waals surface area contributed by atoms with Crippen LogP contribution in [0.5, 0.6) is 0 Å². The van der Waals surface area contributed by atoms with Crippen LogP contribution in [0.2, 0.25) is 0 Å². The third kappa shape index (κ3) is 1.84. The van der Waals surface area contributed by atoms with Gasteiger partial charge in [0, 0.05) is 4.57 Å². The zero-order valence-corrected chi connectivity index (χ0v) is 14.7. The summed E-state index contributed by atoms with van der Waals surface area (Å²) in [5, 5.41) is 4.48. The quantitative estimate of drug-likeness (QED) is 0.311. The van der Waals surface area contributed by atoms with E-state index in [0.29, 0.717) is 0 Å². The highest BCUT2D eigenvalue weighted by Gasteiger charge is 2.81. The van der Waals surface area contributed by atoms with Gasteiger partial charge in [0.25, 0.3) is 0 Å². The number of fused-ring (bicyclic) bond motifs is 1. The van der Waals surface area contributed by atoms with Crippen LogP contribution in [-0.2, 0) is 23.7 Å². The minimum Gasteiger partial charge on any atom is -0.315 e. The molecule has 3 heterocycles. The molecule has 0 spiro atoms. The van der Waals surface area contributed by atoms with Crippen molar-refractivity contribution < 1.29 is 38.2 Å². The van der Waals surface area contributed by atoms with E-state index in [4.69, 9.17) is 9.78 Å². The molecule has 0 aromatic heterocycles. The van der Waals surface area contributed by atoms with Crippen molar-refractivity contribution >= 4 is 32.1 Å². The minimum absolute atomic E-state index is 0.0902. The molecule has 4 fully saturated rings. The summed E-state index contributed by atoms with van der Waals surface area (Å²) >= 11 is 0. The molecular formula is C13H16N4O8P+. The molecule has 6 amide bonds. The van der Waals surface area contributed by atoms with Crippen LogP contribution in [0.3, 0.4) is 0 Å². The van der Waals surface area contributed by atoms with Gasteiger partial charge in [0.05, 0.1) is 40.7 Å². The van der Waals surface area contributed by atoms with Crippen LogP contribution in [0.4, 0.5) is 9.59 Å². The molecule has 4 rings (SSSR count). The predicted molar refractivity (Wildman–Crippen MR) is 80.1 cm³/mol. The summed E-state index contributed by atoms with van der Waals surface area (Å²) in [5.74, 6) is -1.16. The van der Waals surface area contributed by atoms with Gasteiger partial charge >= 0.3 is 20.3 Å². The summed E-state index contributed by atoms with van der Waals surface area (Å²) < 4.78 is 15.0. The standard InChI is InChI=1S/C13H15N4O8P/c1-12-6-7-13(12,2)9(19)15-11(21)17(7)4-5(24-25-26(22)23)3-16(6)10(20)14-8(12)18/h5-7H,3-4H2,1-2H3,(H2-,14,15,18,19,20,21,22,23)/p+1. The Labute approximate surface area is 147 Å². The summed E-state index contributed by atoms with van der Waals surface area (Å²) in [6.45, 7) is 2.98. The Hall–Kier alpha value is -2.14. The number of rotatable bonds is 3. The summed E-state index contributed by atoms with van der Waals surface area (Å²) in [6.07, 6.45) is -0.946. The Kier molecular flexibility index (Phi) is 3.45. The predicted octanol–water partition coefficient (Wildman–Crippen LogP) is -1.17. The first-order valence-electron chi connectivity index (χ1n) is 7.86. The number of carbonyl (C=O) groups is 4. The fraction of sp³-hybridized carbons (Fsp3) is 0.692. The average molecular weight is 387 g/mol. The van der Waals surface area contributed by atoms with Crippen molar-refractivity contribution in [3.8, 4) is 0 Å². The number of imide groups is 2. The fourth-order valence-electron chi connectivity index (χ4n) is 4.75. The Morgan fingerprint density at radius 2 is 1.42 bits per heavy atom. The second-order valence-corrected chi connectivity index (χ2v) is 7.77. The molecule has 140 valence electrons. The van der Waals surface area contributed by atoms with Crippen molar-refractivity contribution in [1.82, 2.24) is 20.4 Å². The number of carbonyl (C=O) groups excluding carboxylic acids is 4. The highest BCUT2D eigenvalue weighted by atomic mass is 31.1. The van der Waals surface area contributed by atoms with Gasteiger partial charge in [0.2, 0.25) is 11.8 Å². The Morgan fingerprint density at radius 1 is 1.00 bits per heavy atom. The van der Waals surface area contributed by atoms with Gasteiger partial charge in [0.1, 0.15) is 6.10 Å². The summed E-state index contributed by atoms with van der Waals surface area (Å²) in [5.41, 5.74) is -2.49. The van der Waals surface area contributed by atoms with E-state index in [1.54, 1.807) is 13.8 Å². The lowest BCUT2D eigenvalue weighted by atomic mass is 9.42. The molecule has 5 unspecified atom stereocenters. The zero-order valence-electron chi connectivity index (χ0n) is 13.8. The van der Waals surface area contributed by atoms with E-state index < -0.39 is 61.1 Å². The number of hydrogen-bond donors (Lipinski definition) is 3. The maximum atomic E-state index is 12.6. The molecule has 13 heteroatoms. The highest BCUT2D eigenvalue weighted by Crippen LogP contribution is 2.63. The molecule has 5 atom stereocenters. The van der Waals surface area contributed by atoms with Crippen LogP contribution in [0.25, 0.3) is 0 Å². The van der Waals surface area contributed by atoms with Crippen molar-refractivity contribution in [3.63, 3.8) is 0 Å². The molecule has 12 nitrogen and oxygen atoms in total. The zero-order chi connectivity index (χ0) is 19.0. The second kappa shape index (κ2) is 5.19. The molecule has 3 aliphatic heterocycles. The smallest absolute Gasteiger partial charge is 0.315 e. The van der Waals surface area contributed by atoms with Gasteiger partial charge in [0.15, 0.2) is 0 Å². The average Bonchev–Trinajstić information content (AvgIpc) is 2.74. The molecule has 1 saturated carbocycles. The van der Waals surface area contributed by atoms with Gasteiger partial charge in [-0.3, -0.25) is 20.2 Å². The van der Waals surface area contributed by atoms with Crippen molar-refractivity contribution in [1.29, 1.82) is 0 Å². The van der Waals surface area contributed by atoms with E-state index in [2.05, 4.69) is 15.3 Å². The van der Waals surface area contributed by atoms with Crippen molar-refractivity contribution in [2.45, 2.75) is 32.0 Å². The number of nitrogens with one attached hydrogen (secondary N) is 2. The van der Waals surface area contributed by atoms with E-state index in [-0.39, 0.29) is 13.1 Å². The Bertz CT molecular complexity index is 721. The summed E-state index contributed by atoms with van der Waals surface area (Å²) in [4.78, 5) is 66.2. The fourth-order valence-corrected chi connectivity index (χ4v) is 4.95. The van der Waals surface area contributed by atoms with Crippen LogP contribution in [-0.4, -0.2) is 69.8 Å². The van der Waals surface area contributed by atoms with Crippen molar-refractivity contribution in [2.75, 3.05) is 13.1 Å². The lowest BCUT2D eigenvalue weighted by Crippen LogP contribution is -2.90. The van der Waals surface area contributed by atoms with Crippen LogP contribution in [0.15, 0.2) is 0 Å². The largest absolute Gasteiger partial charge is 0.725 e. The minimum atomic E-state index is -3.04. The topological polar surface area (TPSA) is 155 Å². The molecule has 0 aromatic rings. The first-order chi connectivity index (χ1) is 12.1. The van der Waals surface area contributed by atoms with Crippen molar-refractivity contribution in [2.24, 2.45) is 10.8 Å². The highest BCUT2D eigenvalue weighted by molar-refractivity contribution is 7.31. The monoisotopic (exact) mass is 387 g/mol. The maximum absolute atomic E-state index is 12.6. The number of amides is 6. The van der Waals surface area contributed by atoms with Gasteiger partial charge in [-0.2, -0.15) is 4.89 Å². The summed E-state index contributed by atoms with van der Waals surface area (Å²) in [7, 11) is -3.04. The third-order valence-corrected chi connectivity index (χ3v) is 6.40. The first-order valence-corrected chi connectivity index (χ1v) is 8.99. The molecular weight excluding hydrogens is 371 g/mol. The van der Waals surface area contributed by atoms with Crippen LogP contribution < -0.4 is 10.6 Å². The van der Waals surface area contributed by atoms with Gasteiger partial charge in [-0.15, -0.1) is 4.89 Å². The lowest BCUT2D eigenvalue weighted by Gasteiger charge is -2.70. The van der Waals surface area contributed by atoms with E-state index in [1.165, 1.54) is 9.80 Å². The molecule has 4 aliphatic rings. The maximum Gasteiger partial charge on any atom is 0.725 e. The Balaban J connectivity index is 1.78. The number of nitrogens with zero attached hydrogens (tertiary/aromatic N) is 2. The van der Waals surface area contributed by atoms with E-state index in [1.807, 2.05) is 0 Å².